The summed E-state index contributed by atoms with van der Waals surface area (Å²) < 4.78 is 0. The Labute approximate surface area is 80.4 Å². The molecule has 14 heavy (non-hydrogen) atoms. The average Bonchev–Trinajstić information content (AvgIpc) is 2.17. The second-order valence-electron chi connectivity index (χ2n) is 2.33. The van der Waals surface area contributed by atoms with Gasteiger partial charge in [0.2, 0.25) is 6.08 Å². The fourth-order valence-corrected chi connectivity index (χ4v) is 0.855. The molecule has 0 bridgehead atoms. The number of para-hydroxylation sites is 1. The standard InChI is InChI=1S/C10H6N2O2/c11-10(14)6-5-8-3-1-2-4-9(8)12-7-13/h1-4H,(H2,11,14). The van der Waals surface area contributed by atoms with Crippen LogP contribution in [-0.2, 0) is 9.59 Å². The van der Waals surface area contributed by atoms with Gasteiger partial charge in [0.25, 0.3) is 5.91 Å². The third-order valence-corrected chi connectivity index (χ3v) is 1.39. The maximum atomic E-state index is 10.4. The molecular formula is C10H6N2O2. The van der Waals surface area contributed by atoms with E-state index in [1.807, 2.05) is 0 Å². The number of amides is 1. The quantitative estimate of drug-likeness (QED) is 0.394. The minimum Gasteiger partial charge on any atom is -0.359 e. The van der Waals surface area contributed by atoms with Crippen molar-refractivity contribution in [1.82, 2.24) is 0 Å². The molecule has 68 valence electrons. The van der Waals surface area contributed by atoms with E-state index in [1.54, 1.807) is 24.3 Å². The normalized spacial score (nSPS) is 8.00. The van der Waals surface area contributed by atoms with Gasteiger partial charge >= 0.3 is 0 Å². The lowest BCUT2D eigenvalue weighted by Gasteiger charge is -1.93. The van der Waals surface area contributed by atoms with Crippen LogP contribution in [0.25, 0.3) is 0 Å². The maximum absolute atomic E-state index is 10.4. The molecule has 0 fully saturated rings. The first kappa shape index (κ1) is 9.72. The van der Waals surface area contributed by atoms with Crippen molar-refractivity contribution in [1.29, 1.82) is 0 Å². The molecule has 4 nitrogen and oxygen atoms in total. The van der Waals surface area contributed by atoms with Crippen molar-refractivity contribution in [2.75, 3.05) is 0 Å². The van der Waals surface area contributed by atoms with Gasteiger partial charge in [-0.25, -0.2) is 4.79 Å². The van der Waals surface area contributed by atoms with Gasteiger partial charge < -0.3 is 5.73 Å². The molecule has 1 rings (SSSR count). The van der Waals surface area contributed by atoms with E-state index in [2.05, 4.69) is 16.8 Å². The van der Waals surface area contributed by atoms with Crippen molar-refractivity contribution in [2.45, 2.75) is 0 Å². The summed E-state index contributed by atoms with van der Waals surface area (Å²) >= 11 is 0. The Balaban J connectivity index is 3.15. The van der Waals surface area contributed by atoms with Gasteiger partial charge in [0.05, 0.1) is 11.3 Å². The fourth-order valence-electron chi connectivity index (χ4n) is 0.855. The first-order chi connectivity index (χ1) is 6.74. The van der Waals surface area contributed by atoms with Gasteiger partial charge in [0.1, 0.15) is 0 Å². The van der Waals surface area contributed by atoms with E-state index in [0.29, 0.717) is 11.3 Å². The van der Waals surface area contributed by atoms with Gasteiger partial charge in [-0.3, -0.25) is 4.79 Å². The zero-order valence-electron chi connectivity index (χ0n) is 7.15. The van der Waals surface area contributed by atoms with Gasteiger partial charge in [-0.15, -0.1) is 0 Å². The molecule has 0 radical (unpaired) electrons. The molecule has 0 aromatic heterocycles. The molecule has 0 saturated carbocycles. The van der Waals surface area contributed by atoms with Crippen LogP contribution in [0.4, 0.5) is 5.69 Å². The van der Waals surface area contributed by atoms with Crippen molar-refractivity contribution < 1.29 is 9.59 Å². The van der Waals surface area contributed by atoms with Crippen LogP contribution in [0, 0.1) is 11.8 Å². The maximum Gasteiger partial charge on any atom is 0.293 e. The molecule has 0 spiro atoms. The van der Waals surface area contributed by atoms with E-state index < -0.39 is 5.91 Å². The molecule has 0 aliphatic carbocycles. The van der Waals surface area contributed by atoms with Crippen molar-refractivity contribution in [2.24, 2.45) is 10.7 Å². The molecule has 1 amide bonds. The Kier molecular flexibility index (Phi) is 3.20. The number of primary amides is 1. The van der Waals surface area contributed by atoms with E-state index >= 15 is 0 Å². The van der Waals surface area contributed by atoms with Gasteiger partial charge in [-0.1, -0.05) is 18.1 Å². The number of hydrogen-bond acceptors (Lipinski definition) is 3. The van der Waals surface area contributed by atoms with Crippen LogP contribution in [0.1, 0.15) is 5.56 Å². The van der Waals surface area contributed by atoms with Gasteiger partial charge in [-0.05, 0) is 12.1 Å². The molecule has 1 aromatic rings. The predicted molar refractivity (Wildman–Crippen MR) is 50.3 cm³/mol. The molecule has 0 unspecified atom stereocenters. The molecule has 0 heterocycles. The SMILES string of the molecule is NC(=O)C#Cc1ccccc1N=C=O. The zero-order valence-corrected chi connectivity index (χ0v) is 7.15. The Morgan fingerprint density at radius 3 is 2.71 bits per heavy atom. The molecule has 4 heteroatoms. The third kappa shape index (κ3) is 2.59. The first-order valence-corrected chi connectivity index (χ1v) is 3.72. The van der Waals surface area contributed by atoms with Gasteiger partial charge in [-0.2, -0.15) is 4.99 Å². The molecular weight excluding hydrogens is 180 g/mol. The van der Waals surface area contributed by atoms with Gasteiger partial charge in [0.15, 0.2) is 0 Å². The lowest BCUT2D eigenvalue weighted by molar-refractivity contribution is -0.112. The average molecular weight is 186 g/mol. The third-order valence-electron chi connectivity index (χ3n) is 1.39. The highest BCUT2D eigenvalue weighted by atomic mass is 16.1. The van der Waals surface area contributed by atoms with Crippen molar-refractivity contribution in [3.05, 3.63) is 29.8 Å². The molecule has 0 saturated heterocycles. The van der Waals surface area contributed by atoms with Crippen LogP contribution in [0.2, 0.25) is 0 Å². The summed E-state index contributed by atoms with van der Waals surface area (Å²) in [5, 5.41) is 0. The van der Waals surface area contributed by atoms with Crippen LogP contribution in [0.3, 0.4) is 0 Å². The number of nitrogens with two attached hydrogens (primary N) is 1. The van der Waals surface area contributed by atoms with E-state index in [9.17, 15) is 9.59 Å². The number of benzene rings is 1. The number of aliphatic imine (C=N–C) groups is 1. The highest BCUT2D eigenvalue weighted by Crippen LogP contribution is 2.16. The van der Waals surface area contributed by atoms with Crippen molar-refractivity contribution >= 4 is 17.7 Å². The lowest BCUT2D eigenvalue weighted by Crippen LogP contribution is -2.06. The minimum absolute atomic E-state index is 0.372. The highest BCUT2D eigenvalue weighted by Gasteiger charge is 1.95. The number of nitrogens with zero attached hydrogens (tertiary/aromatic N) is 1. The summed E-state index contributed by atoms with van der Waals surface area (Å²) in [4.78, 5) is 23.8. The largest absolute Gasteiger partial charge is 0.359 e. The molecule has 2 N–H and O–H groups in total. The number of isocyanates is 1. The molecule has 1 aromatic carbocycles. The number of hydrogen-bond donors (Lipinski definition) is 1. The monoisotopic (exact) mass is 186 g/mol. The summed E-state index contributed by atoms with van der Waals surface area (Å²) in [5.41, 5.74) is 5.68. The minimum atomic E-state index is -0.727. The topological polar surface area (TPSA) is 72.5 Å². The zero-order chi connectivity index (χ0) is 10.4. The molecule has 0 atom stereocenters. The van der Waals surface area contributed by atoms with E-state index in [0.717, 1.165) is 0 Å². The number of carbonyl (C=O) groups excluding carboxylic acids is 2. The van der Waals surface area contributed by atoms with Crippen LogP contribution in [-0.4, -0.2) is 12.0 Å². The van der Waals surface area contributed by atoms with E-state index in [4.69, 9.17) is 5.73 Å². The number of rotatable bonds is 1. The Hall–Kier alpha value is -2.37. The van der Waals surface area contributed by atoms with E-state index in [1.165, 1.54) is 6.08 Å². The molecule has 0 aliphatic rings. The Morgan fingerprint density at radius 2 is 2.07 bits per heavy atom. The fraction of sp³-hybridized carbons (Fsp3) is 0. The summed E-state index contributed by atoms with van der Waals surface area (Å²) in [6.07, 6.45) is 1.40. The number of carbonyl (C=O) groups is 1. The smallest absolute Gasteiger partial charge is 0.293 e. The highest BCUT2D eigenvalue weighted by molar-refractivity contribution is 5.92. The summed E-state index contributed by atoms with van der Waals surface area (Å²) in [6, 6.07) is 6.64. The van der Waals surface area contributed by atoms with Crippen LogP contribution < -0.4 is 5.73 Å². The summed E-state index contributed by atoms with van der Waals surface area (Å²) in [7, 11) is 0. The first-order valence-electron chi connectivity index (χ1n) is 3.72. The molecule has 0 aliphatic heterocycles. The Morgan fingerprint density at radius 1 is 1.36 bits per heavy atom. The van der Waals surface area contributed by atoms with Crippen molar-refractivity contribution in [3.63, 3.8) is 0 Å². The summed E-state index contributed by atoms with van der Waals surface area (Å²) in [6.45, 7) is 0. The summed E-state index contributed by atoms with van der Waals surface area (Å²) in [5.74, 6) is 3.93. The second-order valence-corrected chi connectivity index (χ2v) is 2.33. The Bertz CT molecular complexity index is 463. The lowest BCUT2D eigenvalue weighted by atomic mass is 10.2. The predicted octanol–water partition coefficient (Wildman–Crippen LogP) is 0.491. The van der Waals surface area contributed by atoms with E-state index in [-0.39, 0.29) is 0 Å². The van der Waals surface area contributed by atoms with Crippen molar-refractivity contribution in [3.8, 4) is 11.8 Å². The van der Waals surface area contributed by atoms with Crippen LogP contribution >= 0.6 is 0 Å². The van der Waals surface area contributed by atoms with Crippen LogP contribution in [0.5, 0.6) is 0 Å². The second kappa shape index (κ2) is 4.61. The van der Waals surface area contributed by atoms with Gasteiger partial charge in [0, 0.05) is 5.92 Å². The van der Waals surface area contributed by atoms with Crippen LogP contribution in [0.15, 0.2) is 29.3 Å².